The standard InChI is InChI=1S/C15H18N4O4S2/c1-9-13-5-4-12(23-3)8-11(13)6-7-19(9)25(21,22)15-18-17-14(24-15)16-10(2)20/h4-5,8-9H,6-7H2,1-3H3,(H,16,17,20). The summed E-state index contributed by atoms with van der Waals surface area (Å²) in [6.45, 7) is 3.52. The number of aromatic nitrogens is 2. The van der Waals surface area contributed by atoms with Gasteiger partial charge in [-0.05, 0) is 36.6 Å². The third kappa shape index (κ3) is 3.37. The van der Waals surface area contributed by atoms with Crippen molar-refractivity contribution < 1.29 is 17.9 Å². The predicted octanol–water partition coefficient (Wildman–Crippen LogP) is 1.81. The predicted molar refractivity (Wildman–Crippen MR) is 93.2 cm³/mol. The Labute approximate surface area is 149 Å². The van der Waals surface area contributed by atoms with E-state index in [1.807, 2.05) is 25.1 Å². The fourth-order valence-electron chi connectivity index (χ4n) is 2.86. The molecule has 10 heteroatoms. The number of methoxy groups -OCH3 is 1. The normalized spacial score (nSPS) is 17.8. The summed E-state index contributed by atoms with van der Waals surface area (Å²) in [5.41, 5.74) is 2.02. The quantitative estimate of drug-likeness (QED) is 0.809. The summed E-state index contributed by atoms with van der Waals surface area (Å²) in [6, 6.07) is 5.33. The van der Waals surface area contributed by atoms with Crippen LogP contribution in [0, 0.1) is 0 Å². The average molecular weight is 382 g/mol. The van der Waals surface area contributed by atoms with E-state index in [1.54, 1.807) is 7.11 Å². The van der Waals surface area contributed by atoms with Crippen LogP contribution in [0.3, 0.4) is 0 Å². The van der Waals surface area contributed by atoms with Gasteiger partial charge in [-0.25, -0.2) is 8.42 Å². The van der Waals surface area contributed by atoms with Crippen LogP contribution in [0.2, 0.25) is 0 Å². The summed E-state index contributed by atoms with van der Waals surface area (Å²) >= 11 is 0.847. The number of hydrogen-bond donors (Lipinski definition) is 1. The van der Waals surface area contributed by atoms with Gasteiger partial charge < -0.3 is 10.1 Å². The van der Waals surface area contributed by atoms with Crippen molar-refractivity contribution in [1.82, 2.24) is 14.5 Å². The van der Waals surface area contributed by atoms with E-state index in [4.69, 9.17) is 4.74 Å². The molecule has 0 spiro atoms. The smallest absolute Gasteiger partial charge is 0.272 e. The Morgan fingerprint density at radius 3 is 2.84 bits per heavy atom. The topological polar surface area (TPSA) is 101 Å². The minimum absolute atomic E-state index is 0.125. The Morgan fingerprint density at radius 2 is 2.16 bits per heavy atom. The third-order valence-electron chi connectivity index (χ3n) is 4.05. The molecule has 1 atom stereocenters. The maximum atomic E-state index is 12.9. The molecule has 134 valence electrons. The van der Waals surface area contributed by atoms with Gasteiger partial charge in [0.2, 0.25) is 15.4 Å². The van der Waals surface area contributed by atoms with Crippen LogP contribution in [0.15, 0.2) is 22.5 Å². The number of amides is 1. The van der Waals surface area contributed by atoms with Crippen molar-refractivity contribution in [2.24, 2.45) is 0 Å². The first-order valence-electron chi connectivity index (χ1n) is 7.62. The number of rotatable bonds is 4. The molecule has 1 aliphatic rings. The second-order valence-electron chi connectivity index (χ2n) is 5.66. The van der Waals surface area contributed by atoms with Gasteiger partial charge in [0.15, 0.2) is 0 Å². The van der Waals surface area contributed by atoms with Gasteiger partial charge in [-0.2, -0.15) is 4.31 Å². The Hall–Kier alpha value is -2.04. The number of nitrogens with zero attached hydrogens (tertiary/aromatic N) is 3. The average Bonchev–Trinajstić information content (AvgIpc) is 3.03. The third-order valence-corrected chi connectivity index (χ3v) is 7.21. The molecule has 1 unspecified atom stereocenters. The number of benzene rings is 1. The number of carbonyl (C=O) groups is 1. The van der Waals surface area contributed by atoms with Crippen molar-refractivity contribution >= 4 is 32.4 Å². The molecule has 3 rings (SSSR count). The van der Waals surface area contributed by atoms with Crippen LogP contribution in [-0.4, -0.2) is 42.5 Å². The molecule has 2 heterocycles. The van der Waals surface area contributed by atoms with Gasteiger partial charge in [-0.3, -0.25) is 4.79 Å². The van der Waals surface area contributed by atoms with Gasteiger partial charge in [0.25, 0.3) is 10.0 Å². The fourth-order valence-corrected chi connectivity index (χ4v) is 5.53. The summed E-state index contributed by atoms with van der Waals surface area (Å²) < 4.78 is 32.4. The molecule has 0 radical (unpaired) electrons. The highest BCUT2D eigenvalue weighted by Crippen LogP contribution is 2.36. The summed E-state index contributed by atoms with van der Waals surface area (Å²) in [7, 11) is -2.18. The minimum Gasteiger partial charge on any atom is -0.497 e. The van der Waals surface area contributed by atoms with Crippen molar-refractivity contribution in [3.8, 4) is 5.75 Å². The van der Waals surface area contributed by atoms with E-state index in [1.165, 1.54) is 11.2 Å². The van der Waals surface area contributed by atoms with Gasteiger partial charge in [-0.1, -0.05) is 17.4 Å². The zero-order valence-electron chi connectivity index (χ0n) is 14.0. The molecular weight excluding hydrogens is 364 g/mol. The lowest BCUT2D eigenvalue weighted by atomic mass is 9.95. The van der Waals surface area contributed by atoms with Gasteiger partial charge in [0.1, 0.15) is 5.75 Å². The van der Waals surface area contributed by atoms with E-state index in [0.29, 0.717) is 13.0 Å². The lowest BCUT2D eigenvalue weighted by Crippen LogP contribution is -2.38. The molecule has 1 aromatic carbocycles. The Morgan fingerprint density at radius 1 is 1.40 bits per heavy atom. The summed E-state index contributed by atoms with van der Waals surface area (Å²) in [5, 5.41) is 10.1. The van der Waals surface area contributed by atoms with Crippen molar-refractivity contribution in [2.75, 3.05) is 19.0 Å². The zero-order chi connectivity index (χ0) is 18.2. The molecule has 1 aliphatic heterocycles. The summed E-state index contributed by atoms with van der Waals surface area (Å²) in [6.07, 6.45) is 0.591. The highest BCUT2D eigenvalue weighted by atomic mass is 32.2. The van der Waals surface area contributed by atoms with E-state index < -0.39 is 10.0 Å². The number of nitrogens with one attached hydrogen (secondary N) is 1. The van der Waals surface area contributed by atoms with Crippen LogP contribution in [0.5, 0.6) is 5.75 Å². The highest BCUT2D eigenvalue weighted by Gasteiger charge is 2.36. The maximum absolute atomic E-state index is 12.9. The monoisotopic (exact) mass is 382 g/mol. The Balaban J connectivity index is 1.90. The fraction of sp³-hybridized carbons (Fsp3) is 0.400. The number of fused-ring (bicyclic) bond motifs is 1. The summed E-state index contributed by atoms with van der Waals surface area (Å²) in [4.78, 5) is 11.1. The molecule has 0 aliphatic carbocycles. The number of hydrogen-bond acceptors (Lipinski definition) is 7. The molecular formula is C15H18N4O4S2. The van der Waals surface area contributed by atoms with Crippen LogP contribution in [-0.2, 0) is 21.2 Å². The number of carbonyl (C=O) groups excluding carboxylic acids is 1. The molecule has 1 aromatic heterocycles. The van der Waals surface area contributed by atoms with E-state index in [9.17, 15) is 13.2 Å². The largest absolute Gasteiger partial charge is 0.497 e. The van der Waals surface area contributed by atoms with Gasteiger partial charge in [0.05, 0.1) is 7.11 Å². The second kappa shape index (κ2) is 6.70. The molecule has 1 N–H and O–H groups in total. The maximum Gasteiger partial charge on any atom is 0.272 e. The lowest BCUT2D eigenvalue weighted by molar-refractivity contribution is -0.114. The highest BCUT2D eigenvalue weighted by molar-refractivity contribution is 7.91. The molecule has 1 amide bonds. The van der Waals surface area contributed by atoms with E-state index in [0.717, 1.165) is 28.2 Å². The van der Waals surface area contributed by atoms with E-state index in [2.05, 4.69) is 15.5 Å². The molecule has 25 heavy (non-hydrogen) atoms. The van der Waals surface area contributed by atoms with Crippen molar-refractivity contribution in [2.45, 2.75) is 30.6 Å². The first-order valence-corrected chi connectivity index (χ1v) is 9.88. The molecule has 2 aromatic rings. The number of sulfonamides is 1. The van der Waals surface area contributed by atoms with Crippen molar-refractivity contribution in [3.63, 3.8) is 0 Å². The van der Waals surface area contributed by atoms with Gasteiger partial charge in [-0.15, -0.1) is 10.2 Å². The minimum atomic E-state index is -3.79. The van der Waals surface area contributed by atoms with E-state index in [-0.39, 0.29) is 21.4 Å². The van der Waals surface area contributed by atoms with Gasteiger partial charge in [0, 0.05) is 19.5 Å². The van der Waals surface area contributed by atoms with Crippen LogP contribution >= 0.6 is 11.3 Å². The molecule has 0 saturated heterocycles. The molecule has 0 bridgehead atoms. The Kier molecular flexibility index (Phi) is 4.76. The molecule has 8 nitrogen and oxygen atoms in total. The van der Waals surface area contributed by atoms with Gasteiger partial charge >= 0.3 is 0 Å². The van der Waals surface area contributed by atoms with Crippen molar-refractivity contribution in [1.29, 1.82) is 0 Å². The second-order valence-corrected chi connectivity index (χ2v) is 8.70. The van der Waals surface area contributed by atoms with Crippen molar-refractivity contribution in [3.05, 3.63) is 29.3 Å². The Bertz CT molecular complexity index is 910. The number of anilines is 1. The number of ether oxygens (including phenoxy) is 1. The SMILES string of the molecule is COc1ccc2c(c1)CCN(S(=O)(=O)c1nnc(NC(C)=O)s1)C2C. The molecule has 0 fully saturated rings. The van der Waals surface area contributed by atoms with Crippen LogP contribution in [0.25, 0.3) is 0 Å². The van der Waals surface area contributed by atoms with Crippen LogP contribution in [0.4, 0.5) is 5.13 Å². The lowest BCUT2D eigenvalue weighted by Gasteiger charge is -2.33. The molecule has 0 saturated carbocycles. The zero-order valence-corrected chi connectivity index (χ0v) is 15.6. The summed E-state index contributed by atoms with van der Waals surface area (Å²) in [5.74, 6) is 0.431. The first-order chi connectivity index (χ1) is 11.8. The first kappa shape index (κ1) is 17.8. The van der Waals surface area contributed by atoms with Crippen LogP contribution < -0.4 is 10.1 Å². The van der Waals surface area contributed by atoms with E-state index >= 15 is 0 Å². The van der Waals surface area contributed by atoms with Crippen LogP contribution in [0.1, 0.15) is 31.0 Å².